The largest absolute Gasteiger partial charge is 0.495 e. The molecule has 3 N–H and O–H groups in total. The summed E-state index contributed by atoms with van der Waals surface area (Å²) >= 11 is 3.32. The zero-order valence-electron chi connectivity index (χ0n) is 8.99. The summed E-state index contributed by atoms with van der Waals surface area (Å²) in [6, 6.07) is 4.77. The number of hydrogen-bond donors (Lipinski definition) is 2. The number of carbonyl (C=O) groups excluding carboxylic acids is 1. The van der Waals surface area contributed by atoms with Gasteiger partial charge in [0, 0.05) is 11.8 Å². The zero-order chi connectivity index (χ0) is 11.4. The van der Waals surface area contributed by atoms with Gasteiger partial charge in [0.25, 0.3) is 0 Å². The molecule has 0 saturated heterocycles. The van der Waals surface area contributed by atoms with Gasteiger partial charge < -0.3 is 15.8 Å². The van der Waals surface area contributed by atoms with Crippen LogP contribution in [0.4, 0.5) is 5.69 Å². The first-order valence-electron chi connectivity index (χ1n) is 4.44. The number of nitrogens with two attached hydrogens (primary N) is 1. The van der Waals surface area contributed by atoms with Crippen LogP contribution in [0.15, 0.2) is 22.7 Å². The van der Waals surface area contributed by atoms with Crippen molar-refractivity contribution >= 4 is 39.9 Å². The van der Waals surface area contributed by atoms with Gasteiger partial charge in [0.2, 0.25) is 5.91 Å². The Morgan fingerprint density at radius 3 is 2.69 bits per heavy atom. The fourth-order valence-corrected chi connectivity index (χ4v) is 1.40. The lowest BCUT2D eigenvalue weighted by molar-refractivity contribution is -0.117. The van der Waals surface area contributed by atoms with Crippen LogP contribution in [0, 0.1) is 0 Å². The molecule has 0 fully saturated rings. The molecule has 4 nitrogen and oxygen atoms in total. The Bertz CT molecular complexity index is 372. The van der Waals surface area contributed by atoms with Gasteiger partial charge >= 0.3 is 0 Å². The third-order valence-electron chi connectivity index (χ3n) is 1.83. The van der Waals surface area contributed by atoms with Gasteiger partial charge in [-0.2, -0.15) is 0 Å². The molecule has 0 radical (unpaired) electrons. The number of benzene rings is 1. The van der Waals surface area contributed by atoms with Crippen LogP contribution in [0.25, 0.3) is 0 Å². The first-order chi connectivity index (χ1) is 7.04. The number of methoxy groups -OCH3 is 1. The predicted molar refractivity (Wildman–Crippen MR) is 70.2 cm³/mol. The summed E-state index contributed by atoms with van der Waals surface area (Å²) in [5, 5.41) is 2.68. The maximum Gasteiger partial charge on any atom is 0.241 e. The van der Waals surface area contributed by atoms with Crippen LogP contribution in [0.1, 0.15) is 6.92 Å². The number of anilines is 1. The third kappa shape index (κ3) is 4.00. The molecule has 1 aromatic carbocycles. The summed E-state index contributed by atoms with van der Waals surface area (Å²) in [5.41, 5.74) is 6.10. The topological polar surface area (TPSA) is 64.3 Å². The van der Waals surface area contributed by atoms with Crippen molar-refractivity contribution in [1.29, 1.82) is 0 Å². The van der Waals surface area contributed by atoms with E-state index in [1.54, 1.807) is 32.2 Å². The van der Waals surface area contributed by atoms with Crippen molar-refractivity contribution in [2.45, 2.75) is 13.0 Å². The average Bonchev–Trinajstić information content (AvgIpc) is 2.20. The molecule has 1 amide bonds. The van der Waals surface area contributed by atoms with Crippen LogP contribution < -0.4 is 15.8 Å². The standard InChI is InChI=1S/C10H13BrN2O2.ClH/c1-6(12)10(14)13-7-3-4-8(11)9(5-7)15-2;/h3-6H,12H2,1-2H3,(H,13,14);1H/t6-;/m1./s1. The lowest BCUT2D eigenvalue weighted by Crippen LogP contribution is -2.32. The van der Waals surface area contributed by atoms with Gasteiger partial charge in [0.05, 0.1) is 17.6 Å². The summed E-state index contributed by atoms with van der Waals surface area (Å²) in [5.74, 6) is 0.442. The van der Waals surface area contributed by atoms with E-state index in [0.717, 1.165) is 4.47 Å². The predicted octanol–water partition coefficient (Wildman–Crippen LogP) is 2.17. The number of rotatable bonds is 3. The van der Waals surface area contributed by atoms with Crippen LogP contribution in [-0.4, -0.2) is 19.1 Å². The average molecular weight is 310 g/mol. The van der Waals surface area contributed by atoms with Crippen LogP contribution in [0.2, 0.25) is 0 Å². The maximum absolute atomic E-state index is 11.3. The Morgan fingerprint density at radius 2 is 2.19 bits per heavy atom. The second-order valence-electron chi connectivity index (χ2n) is 3.13. The van der Waals surface area contributed by atoms with Gasteiger partial charge in [-0.3, -0.25) is 4.79 Å². The van der Waals surface area contributed by atoms with Gasteiger partial charge in [0.1, 0.15) is 5.75 Å². The number of hydrogen-bond acceptors (Lipinski definition) is 3. The van der Waals surface area contributed by atoms with E-state index in [0.29, 0.717) is 11.4 Å². The molecule has 0 aliphatic rings. The Hall–Kier alpha value is -0.780. The summed E-state index contributed by atoms with van der Waals surface area (Å²) in [6.07, 6.45) is 0. The second kappa shape index (κ2) is 6.73. The molecule has 0 unspecified atom stereocenters. The monoisotopic (exact) mass is 308 g/mol. The Balaban J connectivity index is 0.00000225. The zero-order valence-corrected chi connectivity index (χ0v) is 11.4. The fraction of sp³-hybridized carbons (Fsp3) is 0.300. The molecule has 0 saturated carbocycles. The fourth-order valence-electron chi connectivity index (χ4n) is 0.994. The second-order valence-corrected chi connectivity index (χ2v) is 3.98. The Labute approximate surface area is 109 Å². The summed E-state index contributed by atoms with van der Waals surface area (Å²) in [7, 11) is 1.57. The third-order valence-corrected chi connectivity index (χ3v) is 2.49. The molecular weight excluding hydrogens is 295 g/mol. The van der Waals surface area contributed by atoms with Crippen LogP contribution >= 0.6 is 28.3 Å². The summed E-state index contributed by atoms with van der Waals surface area (Å²) < 4.78 is 5.94. The molecule has 0 spiro atoms. The molecule has 0 aromatic heterocycles. The highest BCUT2D eigenvalue weighted by Crippen LogP contribution is 2.27. The van der Waals surface area contributed by atoms with E-state index in [-0.39, 0.29) is 18.3 Å². The number of amides is 1. The Morgan fingerprint density at radius 1 is 1.56 bits per heavy atom. The molecule has 1 aromatic rings. The van der Waals surface area contributed by atoms with Crippen molar-refractivity contribution in [1.82, 2.24) is 0 Å². The van der Waals surface area contributed by atoms with E-state index in [4.69, 9.17) is 10.5 Å². The summed E-state index contributed by atoms with van der Waals surface area (Å²) in [6.45, 7) is 1.63. The SMILES string of the molecule is COc1cc(NC(=O)[C@@H](C)N)ccc1Br.Cl. The molecule has 16 heavy (non-hydrogen) atoms. The van der Waals surface area contributed by atoms with Crippen LogP contribution in [-0.2, 0) is 4.79 Å². The first-order valence-corrected chi connectivity index (χ1v) is 5.24. The smallest absolute Gasteiger partial charge is 0.241 e. The minimum Gasteiger partial charge on any atom is -0.495 e. The van der Waals surface area contributed by atoms with E-state index in [1.807, 2.05) is 0 Å². The van der Waals surface area contributed by atoms with Crippen molar-refractivity contribution in [2.75, 3.05) is 12.4 Å². The quantitative estimate of drug-likeness (QED) is 0.899. The molecule has 0 aliphatic heterocycles. The number of carbonyl (C=O) groups is 1. The molecule has 0 heterocycles. The van der Waals surface area contributed by atoms with E-state index in [2.05, 4.69) is 21.2 Å². The minimum absolute atomic E-state index is 0. The van der Waals surface area contributed by atoms with Crippen molar-refractivity contribution in [2.24, 2.45) is 5.73 Å². The van der Waals surface area contributed by atoms with Crippen molar-refractivity contribution in [3.63, 3.8) is 0 Å². The number of ether oxygens (including phenoxy) is 1. The minimum atomic E-state index is -0.528. The van der Waals surface area contributed by atoms with Crippen molar-refractivity contribution in [3.8, 4) is 5.75 Å². The lowest BCUT2D eigenvalue weighted by Gasteiger charge is -2.09. The highest BCUT2D eigenvalue weighted by molar-refractivity contribution is 9.10. The normalized spacial score (nSPS) is 11.2. The van der Waals surface area contributed by atoms with Gasteiger partial charge in [-0.15, -0.1) is 12.4 Å². The molecule has 0 aliphatic carbocycles. The lowest BCUT2D eigenvalue weighted by atomic mass is 10.2. The molecule has 6 heteroatoms. The maximum atomic E-state index is 11.3. The number of nitrogens with one attached hydrogen (secondary N) is 1. The molecule has 1 rings (SSSR count). The van der Waals surface area contributed by atoms with E-state index in [9.17, 15) is 4.79 Å². The van der Waals surface area contributed by atoms with Gasteiger partial charge in [-0.1, -0.05) is 0 Å². The van der Waals surface area contributed by atoms with Gasteiger partial charge in [-0.05, 0) is 35.0 Å². The summed E-state index contributed by atoms with van der Waals surface area (Å²) in [4.78, 5) is 11.3. The molecule has 90 valence electrons. The highest BCUT2D eigenvalue weighted by atomic mass is 79.9. The van der Waals surface area contributed by atoms with Crippen LogP contribution in [0.5, 0.6) is 5.75 Å². The number of halogens is 2. The van der Waals surface area contributed by atoms with E-state index >= 15 is 0 Å². The first kappa shape index (κ1) is 15.2. The van der Waals surface area contributed by atoms with E-state index < -0.39 is 6.04 Å². The van der Waals surface area contributed by atoms with E-state index in [1.165, 1.54) is 0 Å². The molecular formula is C10H14BrClN2O2. The Kier molecular flexibility index (Phi) is 6.40. The molecule has 1 atom stereocenters. The molecule has 0 bridgehead atoms. The van der Waals surface area contributed by atoms with Crippen molar-refractivity contribution < 1.29 is 9.53 Å². The van der Waals surface area contributed by atoms with Crippen molar-refractivity contribution in [3.05, 3.63) is 22.7 Å². The van der Waals surface area contributed by atoms with Gasteiger partial charge in [0.15, 0.2) is 0 Å². The van der Waals surface area contributed by atoms with Gasteiger partial charge in [-0.25, -0.2) is 0 Å². The highest BCUT2D eigenvalue weighted by Gasteiger charge is 2.08. The van der Waals surface area contributed by atoms with Crippen LogP contribution in [0.3, 0.4) is 0 Å².